The van der Waals surface area contributed by atoms with Crippen molar-refractivity contribution in [3.05, 3.63) is 41.0 Å². The summed E-state index contributed by atoms with van der Waals surface area (Å²) in [6.45, 7) is 6.45. The van der Waals surface area contributed by atoms with Gasteiger partial charge in [0.2, 0.25) is 0 Å². The Morgan fingerprint density at radius 3 is 2.77 bits per heavy atom. The maximum absolute atomic E-state index is 13.8. The van der Waals surface area contributed by atoms with Gasteiger partial charge in [0.1, 0.15) is 0 Å². The normalized spacial score (nSPS) is 17.6. The van der Waals surface area contributed by atoms with Crippen molar-refractivity contribution >= 4 is 17.0 Å². The van der Waals surface area contributed by atoms with E-state index in [0.717, 1.165) is 6.07 Å². The quantitative estimate of drug-likeness (QED) is 0.599. The molecule has 0 bridgehead atoms. The molecule has 1 fully saturated rings. The summed E-state index contributed by atoms with van der Waals surface area (Å²) in [7, 11) is 0. The number of piperidine rings is 1. The molecule has 0 aromatic carbocycles. The minimum absolute atomic E-state index is 0.100. The van der Waals surface area contributed by atoms with E-state index in [0.29, 0.717) is 37.1 Å². The van der Waals surface area contributed by atoms with Crippen LogP contribution in [0.15, 0.2) is 23.0 Å². The van der Waals surface area contributed by atoms with Crippen LogP contribution in [0.4, 0.5) is 13.2 Å². The van der Waals surface area contributed by atoms with E-state index in [9.17, 15) is 18.0 Å². The van der Waals surface area contributed by atoms with Crippen LogP contribution in [0.3, 0.4) is 0 Å². The first kappa shape index (κ1) is 21.3. The van der Waals surface area contributed by atoms with E-state index >= 15 is 0 Å². The van der Waals surface area contributed by atoms with E-state index in [1.54, 1.807) is 22.7 Å². The van der Waals surface area contributed by atoms with Crippen LogP contribution in [-0.2, 0) is 12.6 Å². The van der Waals surface area contributed by atoms with Gasteiger partial charge in [0.15, 0.2) is 0 Å². The van der Waals surface area contributed by atoms with Gasteiger partial charge in [-0.25, -0.2) is 4.98 Å². The van der Waals surface area contributed by atoms with Crippen LogP contribution in [0, 0.1) is 0 Å². The van der Waals surface area contributed by atoms with Crippen molar-refractivity contribution < 1.29 is 22.5 Å². The van der Waals surface area contributed by atoms with Gasteiger partial charge in [-0.1, -0.05) is 12.1 Å². The van der Waals surface area contributed by atoms with Crippen molar-refractivity contribution in [2.24, 2.45) is 0 Å². The van der Waals surface area contributed by atoms with Gasteiger partial charge >= 0.3 is 6.18 Å². The smallest absolute Gasteiger partial charge is 0.338 e. The predicted octanol–water partition coefficient (Wildman–Crippen LogP) is 4.60. The molecule has 0 aliphatic carbocycles. The zero-order valence-corrected chi connectivity index (χ0v) is 17.6. The molecule has 0 spiro atoms. The van der Waals surface area contributed by atoms with Gasteiger partial charge in [0, 0.05) is 36.9 Å². The van der Waals surface area contributed by atoms with Crippen LogP contribution in [0.5, 0.6) is 0 Å². The molecule has 0 radical (unpaired) electrons. The number of nitrogens with zero attached hydrogens (tertiary/aromatic N) is 5. The van der Waals surface area contributed by atoms with Gasteiger partial charge in [-0.3, -0.25) is 9.48 Å². The number of aryl methyl sites for hydroxylation is 1. The Balaban J connectivity index is 1.66. The number of alkyl halides is 3. The lowest BCUT2D eigenvalue weighted by molar-refractivity contribution is -0.136. The third kappa shape index (κ3) is 4.03. The number of aromatic nitrogens is 4. The van der Waals surface area contributed by atoms with E-state index in [4.69, 9.17) is 4.52 Å². The van der Waals surface area contributed by atoms with E-state index in [2.05, 4.69) is 15.2 Å². The average molecular weight is 435 g/mol. The molecule has 0 saturated carbocycles. The van der Waals surface area contributed by atoms with Crippen LogP contribution < -0.4 is 0 Å². The van der Waals surface area contributed by atoms with Crippen molar-refractivity contribution in [1.29, 1.82) is 0 Å². The zero-order valence-electron chi connectivity index (χ0n) is 17.6. The highest BCUT2D eigenvalue weighted by Gasteiger charge is 2.38. The van der Waals surface area contributed by atoms with Crippen molar-refractivity contribution in [1.82, 2.24) is 24.8 Å². The lowest BCUT2D eigenvalue weighted by Crippen LogP contribution is -2.39. The molecular weight excluding hydrogens is 411 g/mol. The van der Waals surface area contributed by atoms with Crippen molar-refractivity contribution in [3.8, 4) is 0 Å². The lowest BCUT2D eigenvalue weighted by Gasteiger charge is -2.31. The van der Waals surface area contributed by atoms with Gasteiger partial charge in [0.25, 0.3) is 11.6 Å². The van der Waals surface area contributed by atoms with E-state index in [1.807, 2.05) is 13.8 Å². The third-order valence-corrected chi connectivity index (χ3v) is 5.67. The minimum atomic E-state index is -4.55. The second-order valence-electron chi connectivity index (χ2n) is 8.15. The van der Waals surface area contributed by atoms with Gasteiger partial charge < -0.3 is 9.42 Å². The first-order valence-corrected chi connectivity index (χ1v) is 10.4. The molecular formula is C21H24F3N5O2. The standard InChI is InChI=1S/C21H24F3N5O2/c1-4-15-8-16(21(22,23)24)17-18(27-31-19(17)26-15)13-6-5-7-28(10-13)20(30)14-9-25-29(11-14)12(2)3/h8-9,11-13H,4-7,10H2,1-3H3/t13-/m0/s1. The maximum Gasteiger partial charge on any atom is 0.417 e. The highest BCUT2D eigenvalue weighted by atomic mass is 19.4. The molecule has 1 aliphatic heterocycles. The fourth-order valence-corrected chi connectivity index (χ4v) is 4.01. The number of fused-ring (bicyclic) bond motifs is 1. The number of pyridine rings is 1. The zero-order chi connectivity index (χ0) is 22.3. The van der Waals surface area contributed by atoms with Crippen LogP contribution in [0.1, 0.15) is 72.9 Å². The number of carbonyl (C=O) groups excluding carboxylic acids is 1. The molecule has 0 unspecified atom stereocenters. The van der Waals surface area contributed by atoms with Crippen molar-refractivity contribution in [2.75, 3.05) is 13.1 Å². The third-order valence-electron chi connectivity index (χ3n) is 5.67. The van der Waals surface area contributed by atoms with Crippen molar-refractivity contribution in [3.63, 3.8) is 0 Å². The first-order chi connectivity index (χ1) is 14.7. The average Bonchev–Trinajstić information content (AvgIpc) is 3.39. The van der Waals surface area contributed by atoms with Crippen LogP contribution in [0.2, 0.25) is 0 Å². The van der Waals surface area contributed by atoms with Crippen LogP contribution in [-0.4, -0.2) is 43.8 Å². The Morgan fingerprint density at radius 2 is 2.13 bits per heavy atom. The van der Waals surface area contributed by atoms with Crippen LogP contribution in [0.25, 0.3) is 11.1 Å². The summed E-state index contributed by atoms with van der Waals surface area (Å²) in [5.74, 6) is -0.554. The summed E-state index contributed by atoms with van der Waals surface area (Å²) in [5.41, 5.74) is 0.0816. The Bertz CT molecular complexity index is 1100. The number of halogens is 3. The number of carbonyl (C=O) groups is 1. The second kappa shape index (κ2) is 7.97. The molecule has 3 aromatic heterocycles. The fourth-order valence-electron chi connectivity index (χ4n) is 4.01. The molecule has 3 aromatic rings. The highest BCUT2D eigenvalue weighted by molar-refractivity contribution is 5.94. The summed E-state index contributed by atoms with van der Waals surface area (Å²) in [5, 5.41) is 8.08. The van der Waals surface area contributed by atoms with Crippen LogP contribution >= 0.6 is 0 Å². The van der Waals surface area contributed by atoms with E-state index in [-0.39, 0.29) is 41.2 Å². The van der Waals surface area contributed by atoms with E-state index < -0.39 is 11.7 Å². The lowest BCUT2D eigenvalue weighted by atomic mass is 9.91. The number of amides is 1. The molecule has 1 atom stereocenters. The molecule has 166 valence electrons. The van der Waals surface area contributed by atoms with Crippen molar-refractivity contribution in [2.45, 2.75) is 58.2 Å². The Kier molecular flexibility index (Phi) is 5.49. The van der Waals surface area contributed by atoms with Gasteiger partial charge in [-0.15, -0.1) is 0 Å². The predicted molar refractivity (Wildman–Crippen MR) is 107 cm³/mol. The fraction of sp³-hybridized carbons (Fsp3) is 0.524. The number of hydrogen-bond acceptors (Lipinski definition) is 5. The molecule has 0 N–H and O–H groups in total. The molecule has 7 nitrogen and oxygen atoms in total. The summed E-state index contributed by atoms with van der Waals surface area (Å²) in [6, 6.07) is 1.19. The molecule has 1 amide bonds. The molecule has 4 heterocycles. The Labute approximate surface area is 177 Å². The maximum atomic E-state index is 13.8. The number of likely N-dealkylation sites (tertiary alicyclic amines) is 1. The topological polar surface area (TPSA) is 77.0 Å². The second-order valence-corrected chi connectivity index (χ2v) is 8.15. The summed E-state index contributed by atoms with van der Waals surface area (Å²) in [6.07, 6.45) is 0.287. The monoisotopic (exact) mass is 435 g/mol. The van der Waals surface area contributed by atoms with Gasteiger partial charge in [-0.05, 0) is 39.2 Å². The molecule has 31 heavy (non-hydrogen) atoms. The van der Waals surface area contributed by atoms with E-state index in [1.165, 1.54) is 6.20 Å². The minimum Gasteiger partial charge on any atom is -0.338 e. The molecule has 1 aliphatic rings. The Hall–Kier alpha value is -2.91. The highest BCUT2D eigenvalue weighted by Crippen LogP contribution is 2.40. The SMILES string of the molecule is CCc1cc(C(F)(F)F)c2c([C@H]3CCCN(C(=O)c4cnn(C(C)C)c4)C3)noc2n1. The van der Waals surface area contributed by atoms with Gasteiger partial charge in [-0.2, -0.15) is 18.3 Å². The Morgan fingerprint density at radius 1 is 1.35 bits per heavy atom. The molecule has 4 rings (SSSR count). The first-order valence-electron chi connectivity index (χ1n) is 10.4. The van der Waals surface area contributed by atoms with Gasteiger partial charge in [0.05, 0.1) is 28.4 Å². The molecule has 1 saturated heterocycles. The number of hydrogen-bond donors (Lipinski definition) is 0. The summed E-state index contributed by atoms with van der Waals surface area (Å²) >= 11 is 0. The summed E-state index contributed by atoms with van der Waals surface area (Å²) in [4.78, 5) is 18.8. The summed E-state index contributed by atoms with van der Waals surface area (Å²) < 4.78 is 48.3. The molecule has 10 heteroatoms. The largest absolute Gasteiger partial charge is 0.417 e. The number of rotatable bonds is 4.